The number of carboxylic acids is 1. The van der Waals surface area contributed by atoms with Crippen LogP contribution in [0.4, 0.5) is 0 Å². The number of rotatable bonds is 6. The van der Waals surface area contributed by atoms with E-state index in [9.17, 15) is 14.7 Å². The topological polar surface area (TPSA) is 84.2 Å². The van der Waals surface area contributed by atoms with Crippen LogP contribution in [0.2, 0.25) is 0 Å². The fourth-order valence-electron chi connectivity index (χ4n) is 1.98. The van der Waals surface area contributed by atoms with E-state index in [2.05, 4.69) is 10.4 Å². The van der Waals surface area contributed by atoms with Gasteiger partial charge in [0, 0.05) is 13.2 Å². The molecule has 0 fully saturated rings. The van der Waals surface area contributed by atoms with Gasteiger partial charge in [0.2, 0.25) is 0 Å². The molecule has 2 rings (SSSR count). The molecule has 6 nitrogen and oxygen atoms in total. The molecule has 1 amide bonds. The minimum absolute atomic E-state index is 0.212. The highest BCUT2D eigenvalue weighted by Gasteiger charge is 2.21. The van der Waals surface area contributed by atoms with Gasteiger partial charge in [-0.1, -0.05) is 30.3 Å². The van der Waals surface area contributed by atoms with Crippen molar-refractivity contribution in [2.75, 3.05) is 0 Å². The van der Waals surface area contributed by atoms with Gasteiger partial charge in [0.25, 0.3) is 5.91 Å². The molecule has 0 radical (unpaired) electrons. The Hall–Kier alpha value is -2.63. The van der Waals surface area contributed by atoms with Crippen molar-refractivity contribution in [3.05, 3.63) is 53.9 Å². The second-order valence-corrected chi connectivity index (χ2v) is 4.76. The van der Waals surface area contributed by atoms with E-state index in [4.69, 9.17) is 0 Å². The first-order chi connectivity index (χ1) is 10.1. The first-order valence-electron chi connectivity index (χ1n) is 6.63. The van der Waals surface area contributed by atoms with E-state index >= 15 is 0 Å². The summed E-state index contributed by atoms with van der Waals surface area (Å²) in [6.07, 6.45) is 2.55. The van der Waals surface area contributed by atoms with E-state index in [-0.39, 0.29) is 5.69 Å². The van der Waals surface area contributed by atoms with Crippen molar-refractivity contribution in [1.29, 1.82) is 0 Å². The molecule has 0 unspecified atom stereocenters. The molecule has 2 N–H and O–H groups in total. The van der Waals surface area contributed by atoms with Crippen molar-refractivity contribution < 1.29 is 14.7 Å². The molecule has 110 valence electrons. The molecule has 1 aromatic carbocycles. The van der Waals surface area contributed by atoms with Crippen LogP contribution in [0.1, 0.15) is 22.5 Å². The van der Waals surface area contributed by atoms with Crippen LogP contribution in [0.5, 0.6) is 0 Å². The number of hydrogen-bond acceptors (Lipinski definition) is 3. The zero-order chi connectivity index (χ0) is 15.2. The second-order valence-electron chi connectivity index (χ2n) is 4.76. The maximum Gasteiger partial charge on any atom is 0.326 e. The van der Waals surface area contributed by atoms with E-state index in [1.54, 1.807) is 19.3 Å². The lowest BCUT2D eigenvalue weighted by Crippen LogP contribution is -2.41. The number of amides is 1. The average molecular weight is 287 g/mol. The van der Waals surface area contributed by atoms with Crippen molar-refractivity contribution in [1.82, 2.24) is 15.1 Å². The smallest absolute Gasteiger partial charge is 0.326 e. The second kappa shape index (κ2) is 6.69. The van der Waals surface area contributed by atoms with Crippen molar-refractivity contribution >= 4 is 11.9 Å². The number of aliphatic carboxylic acids is 1. The number of carboxylic acid groups (broad SMARTS) is 1. The average Bonchev–Trinajstić information content (AvgIpc) is 2.90. The maximum absolute atomic E-state index is 11.9. The summed E-state index contributed by atoms with van der Waals surface area (Å²) in [7, 11) is 1.70. The van der Waals surface area contributed by atoms with Gasteiger partial charge >= 0.3 is 5.97 Å². The molecule has 6 heteroatoms. The number of nitrogens with zero attached hydrogens (tertiary/aromatic N) is 2. The normalized spacial score (nSPS) is 11.9. The summed E-state index contributed by atoms with van der Waals surface area (Å²) in [6.45, 7) is 0. The van der Waals surface area contributed by atoms with E-state index in [1.807, 2.05) is 30.3 Å². The van der Waals surface area contributed by atoms with Crippen molar-refractivity contribution in [2.24, 2.45) is 7.05 Å². The summed E-state index contributed by atoms with van der Waals surface area (Å²) in [4.78, 5) is 23.2. The molecular weight excluding hydrogens is 270 g/mol. The molecule has 1 atom stereocenters. The number of aryl methyl sites for hydroxylation is 2. The Labute approximate surface area is 122 Å². The van der Waals surface area contributed by atoms with Crippen LogP contribution >= 0.6 is 0 Å². The van der Waals surface area contributed by atoms with Gasteiger partial charge in [-0.2, -0.15) is 5.10 Å². The first kappa shape index (κ1) is 14.8. The minimum Gasteiger partial charge on any atom is -0.480 e. The Bertz CT molecular complexity index is 622. The van der Waals surface area contributed by atoms with Crippen LogP contribution in [-0.2, 0) is 18.3 Å². The summed E-state index contributed by atoms with van der Waals surface area (Å²) in [6, 6.07) is 10.2. The Kier molecular flexibility index (Phi) is 4.71. The standard InChI is InChI=1S/C15H17N3O3/c1-18-10-9-12(17-18)14(19)16-13(15(20)21)8-7-11-5-3-2-4-6-11/h2-6,9-10,13H,7-8H2,1H3,(H,16,19)(H,20,21)/t13-/m0/s1. The fraction of sp³-hybridized carbons (Fsp3) is 0.267. The predicted octanol–water partition coefficient (Wildman–Crippen LogP) is 1.24. The van der Waals surface area contributed by atoms with Crippen molar-refractivity contribution in [3.63, 3.8) is 0 Å². The van der Waals surface area contributed by atoms with Gasteiger partial charge in [0.05, 0.1) is 0 Å². The zero-order valence-corrected chi connectivity index (χ0v) is 11.7. The molecule has 0 aliphatic carbocycles. The highest BCUT2D eigenvalue weighted by atomic mass is 16.4. The van der Waals surface area contributed by atoms with Crippen LogP contribution in [0, 0.1) is 0 Å². The molecular formula is C15H17N3O3. The minimum atomic E-state index is -1.05. The number of nitrogens with one attached hydrogen (secondary N) is 1. The molecule has 1 aromatic heterocycles. The van der Waals surface area contributed by atoms with E-state index < -0.39 is 17.9 Å². The molecule has 0 bridgehead atoms. The van der Waals surface area contributed by atoms with Crippen LogP contribution < -0.4 is 5.32 Å². The Morgan fingerprint density at radius 1 is 1.29 bits per heavy atom. The van der Waals surface area contributed by atoms with E-state index in [0.717, 1.165) is 5.56 Å². The Morgan fingerprint density at radius 2 is 2.00 bits per heavy atom. The van der Waals surface area contributed by atoms with Gasteiger partial charge in [-0.3, -0.25) is 9.48 Å². The van der Waals surface area contributed by atoms with Crippen LogP contribution in [0.15, 0.2) is 42.6 Å². The van der Waals surface area contributed by atoms with E-state index in [1.165, 1.54) is 4.68 Å². The molecule has 0 saturated carbocycles. The summed E-state index contributed by atoms with van der Waals surface area (Å²) >= 11 is 0. The third-order valence-electron chi connectivity index (χ3n) is 3.11. The largest absolute Gasteiger partial charge is 0.480 e. The van der Waals surface area contributed by atoms with Gasteiger partial charge in [0.15, 0.2) is 0 Å². The predicted molar refractivity (Wildman–Crippen MR) is 76.9 cm³/mol. The lowest BCUT2D eigenvalue weighted by Gasteiger charge is -2.13. The Balaban J connectivity index is 1.96. The van der Waals surface area contributed by atoms with Gasteiger partial charge in [-0.05, 0) is 24.5 Å². The molecule has 2 aromatic rings. The van der Waals surface area contributed by atoms with Gasteiger partial charge in [-0.25, -0.2) is 4.79 Å². The summed E-state index contributed by atoms with van der Waals surface area (Å²) in [5, 5.41) is 15.7. The molecule has 1 heterocycles. The summed E-state index contributed by atoms with van der Waals surface area (Å²) in [5.41, 5.74) is 1.25. The van der Waals surface area contributed by atoms with Gasteiger partial charge in [-0.15, -0.1) is 0 Å². The number of carbonyl (C=O) groups is 2. The maximum atomic E-state index is 11.9. The number of benzene rings is 1. The van der Waals surface area contributed by atoms with E-state index in [0.29, 0.717) is 12.8 Å². The SMILES string of the molecule is Cn1ccc(C(=O)N[C@@H](CCc2ccccc2)C(=O)O)n1. The quantitative estimate of drug-likeness (QED) is 0.837. The highest BCUT2D eigenvalue weighted by Crippen LogP contribution is 2.06. The van der Waals surface area contributed by atoms with Crippen LogP contribution in [0.25, 0.3) is 0 Å². The first-order valence-corrected chi connectivity index (χ1v) is 6.63. The fourth-order valence-corrected chi connectivity index (χ4v) is 1.98. The monoisotopic (exact) mass is 287 g/mol. The number of carbonyl (C=O) groups excluding carboxylic acids is 1. The van der Waals surface area contributed by atoms with Crippen LogP contribution in [0.3, 0.4) is 0 Å². The number of hydrogen-bond donors (Lipinski definition) is 2. The van der Waals surface area contributed by atoms with Gasteiger partial charge < -0.3 is 10.4 Å². The molecule has 0 saturated heterocycles. The zero-order valence-electron chi connectivity index (χ0n) is 11.7. The Morgan fingerprint density at radius 3 is 2.57 bits per heavy atom. The van der Waals surface area contributed by atoms with Gasteiger partial charge in [0.1, 0.15) is 11.7 Å². The molecule has 21 heavy (non-hydrogen) atoms. The summed E-state index contributed by atoms with van der Waals surface area (Å²) in [5.74, 6) is -1.52. The van der Waals surface area contributed by atoms with Crippen molar-refractivity contribution in [2.45, 2.75) is 18.9 Å². The lowest BCUT2D eigenvalue weighted by atomic mass is 10.1. The lowest BCUT2D eigenvalue weighted by molar-refractivity contribution is -0.139. The molecule has 0 aliphatic rings. The summed E-state index contributed by atoms with van der Waals surface area (Å²) < 4.78 is 1.49. The third-order valence-corrected chi connectivity index (χ3v) is 3.11. The number of aromatic nitrogens is 2. The molecule has 0 aliphatic heterocycles. The highest BCUT2D eigenvalue weighted by molar-refractivity contribution is 5.94. The van der Waals surface area contributed by atoms with Crippen molar-refractivity contribution in [3.8, 4) is 0 Å². The molecule has 0 spiro atoms. The van der Waals surface area contributed by atoms with Crippen LogP contribution in [-0.4, -0.2) is 32.8 Å². The third kappa shape index (κ3) is 4.17.